The van der Waals surface area contributed by atoms with E-state index in [0.29, 0.717) is 25.5 Å². The molecule has 0 unspecified atom stereocenters. The van der Waals surface area contributed by atoms with Crippen molar-refractivity contribution in [3.8, 4) is 33.8 Å². The first-order valence-electron chi connectivity index (χ1n) is 16.0. The predicted octanol–water partition coefficient (Wildman–Crippen LogP) is 6.31. The Hall–Kier alpha value is -4.73. The molecule has 1 fully saturated rings. The number of pyridine rings is 1. The number of hydrogen-bond donors (Lipinski definition) is 2. The number of benzene rings is 3. The number of hydrogen-bond acceptors (Lipinski definition) is 7. The Morgan fingerprint density at radius 2 is 1.70 bits per heavy atom. The average molecular weight is 619 g/mol. The van der Waals surface area contributed by atoms with Crippen LogP contribution < -0.4 is 14.9 Å². The van der Waals surface area contributed by atoms with Gasteiger partial charge in [0.15, 0.2) is 0 Å². The Morgan fingerprint density at radius 1 is 0.848 bits per heavy atom. The van der Waals surface area contributed by atoms with E-state index in [1.807, 2.05) is 50.6 Å². The molecule has 0 atom stereocenters. The summed E-state index contributed by atoms with van der Waals surface area (Å²) in [6.45, 7) is 5.68. The topological polar surface area (TPSA) is 78.0 Å². The van der Waals surface area contributed by atoms with Crippen molar-refractivity contribution in [2.75, 3.05) is 53.5 Å². The second kappa shape index (κ2) is 13.3. The van der Waals surface area contributed by atoms with Crippen LogP contribution in [0.1, 0.15) is 29.7 Å². The smallest absolute Gasteiger partial charge is 0.138 e. The van der Waals surface area contributed by atoms with Crippen molar-refractivity contribution in [3.05, 3.63) is 102 Å². The fourth-order valence-electron chi connectivity index (χ4n) is 6.24. The van der Waals surface area contributed by atoms with E-state index in [1.54, 1.807) is 12.3 Å². The van der Waals surface area contributed by atoms with Crippen molar-refractivity contribution in [1.29, 1.82) is 0 Å². The maximum atomic E-state index is 14.9. The third kappa shape index (κ3) is 6.61. The molecule has 1 saturated heterocycles. The highest BCUT2D eigenvalue weighted by molar-refractivity contribution is 6.16. The Kier molecular flexibility index (Phi) is 8.68. The maximum Gasteiger partial charge on any atom is 0.138 e. The lowest BCUT2D eigenvalue weighted by Gasteiger charge is -2.18. The van der Waals surface area contributed by atoms with E-state index in [1.165, 1.54) is 18.9 Å². The summed E-state index contributed by atoms with van der Waals surface area (Å²) < 4.78 is 26.8. The third-order valence-corrected chi connectivity index (χ3v) is 8.66. The van der Waals surface area contributed by atoms with Crippen molar-refractivity contribution in [3.63, 3.8) is 0 Å². The quantitative estimate of drug-likeness (QED) is 0.181. The summed E-state index contributed by atoms with van der Waals surface area (Å²) in [5, 5.41) is 5.74. The number of likely N-dealkylation sites (N-methyl/N-ethyl adjacent to an activating group) is 1. The molecule has 3 aromatic carbocycles. The first-order valence-corrected chi connectivity index (χ1v) is 16.0. The molecular formula is C37H39FN6O2. The highest BCUT2D eigenvalue weighted by Gasteiger charge is 2.20. The lowest BCUT2D eigenvalue weighted by atomic mass is 9.94. The molecule has 2 aromatic heterocycles. The van der Waals surface area contributed by atoms with Gasteiger partial charge in [0, 0.05) is 47.4 Å². The largest absolute Gasteiger partial charge is 0.492 e. The Morgan fingerprint density at radius 3 is 2.57 bits per heavy atom. The Bertz CT molecular complexity index is 1880. The van der Waals surface area contributed by atoms with Crippen LogP contribution in [0.3, 0.4) is 0 Å². The number of nitrogens with zero attached hydrogens (tertiary/aromatic N) is 4. The van der Waals surface area contributed by atoms with Crippen LogP contribution in [-0.2, 0) is 6.54 Å². The molecule has 8 nitrogen and oxygen atoms in total. The molecule has 236 valence electrons. The molecule has 0 spiro atoms. The van der Waals surface area contributed by atoms with Gasteiger partial charge in [-0.15, -0.1) is 0 Å². The summed E-state index contributed by atoms with van der Waals surface area (Å²) in [7, 11) is 4.05. The second-order valence-corrected chi connectivity index (χ2v) is 12.3. The number of nitrogens with one attached hydrogen (secondary N) is 2. The van der Waals surface area contributed by atoms with Gasteiger partial charge in [0.1, 0.15) is 36.2 Å². The molecular weight excluding hydrogens is 579 g/mol. The van der Waals surface area contributed by atoms with Crippen molar-refractivity contribution in [1.82, 2.24) is 25.2 Å². The average Bonchev–Trinajstić information content (AvgIpc) is 3.74. The molecule has 2 aliphatic heterocycles. The van der Waals surface area contributed by atoms with Crippen LogP contribution >= 0.6 is 0 Å². The van der Waals surface area contributed by atoms with Gasteiger partial charge < -0.3 is 24.8 Å². The van der Waals surface area contributed by atoms with Crippen LogP contribution in [0.2, 0.25) is 0 Å². The number of fused-ring (bicyclic) bond motifs is 2. The molecule has 0 saturated carbocycles. The molecule has 7 rings (SSSR count). The fourth-order valence-corrected chi connectivity index (χ4v) is 6.24. The van der Waals surface area contributed by atoms with Gasteiger partial charge in [-0.25, -0.2) is 4.39 Å². The molecule has 5 aromatic rings. The third-order valence-electron chi connectivity index (χ3n) is 8.66. The number of aromatic nitrogens is 2. The van der Waals surface area contributed by atoms with Crippen LogP contribution in [0.5, 0.6) is 11.5 Å². The fraction of sp³-hybridized carbons (Fsp3) is 0.297. The zero-order valence-corrected chi connectivity index (χ0v) is 26.4. The lowest BCUT2D eigenvalue weighted by molar-refractivity contribution is 0.237. The monoisotopic (exact) mass is 618 g/mol. The minimum Gasteiger partial charge on any atom is -0.492 e. The van der Waals surface area contributed by atoms with Crippen molar-refractivity contribution < 1.29 is 13.9 Å². The molecule has 9 heteroatoms. The predicted molar refractivity (Wildman–Crippen MR) is 181 cm³/mol. The van der Waals surface area contributed by atoms with E-state index in [9.17, 15) is 4.39 Å². The van der Waals surface area contributed by atoms with Crippen molar-refractivity contribution in [2.45, 2.75) is 19.4 Å². The molecule has 2 aliphatic rings. The number of aromatic amines is 1. The molecule has 4 heterocycles. The summed E-state index contributed by atoms with van der Waals surface area (Å²) in [6.07, 6.45) is 6.08. The van der Waals surface area contributed by atoms with Crippen LogP contribution in [-0.4, -0.2) is 79.0 Å². The normalized spacial score (nSPS) is 14.7. The number of halogens is 1. The zero-order chi connectivity index (χ0) is 31.5. The maximum absolute atomic E-state index is 14.9. The minimum absolute atomic E-state index is 0.314. The Labute approximate surface area is 268 Å². The van der Waals surface area contributed by atoms with E-state index in [2.05, 4.69) is 49.5 Å². The van der Waals surface area contributed by atoms with Gasteiger partial charge in [0.2, 0.25) is 0 Å². The number of likely N-dealkylation sites (tertiary alicyclic amines) is 1. The zero-order valence-electron chi connectivity index (χ0n) is 26.4. The summed E-state index contributed by atoms with van der Waals surface area (Å²) in [5.41, 5.74) is 11.8. The summed E-state index contributed by atoms with van der Waals surface area (Å²) in [4.78, 5) is 12.5. The molecule has 0 aliphatic carbocycles. The molecule has 2 N–H and O–H groups in total. The van der Waals surface area contributed by atoms with Crippen LogP contribution in [0.4, 0.5) is 4.39 Å². The van der Waals surface area contributed by atoms with Gasteiger partial charge in [-0.3, -0.25) is 9.88 Å². The molecule has 46 heavy (non-hydrogen) atoms. The highest BCUT2D eigenvalue weighted by atomic mass is 19.1. The van der Waals surface area contributed by atoms with Gasteiger partial charge in [0.25, 0.3) is 0 Å². The highest BCUT2D eigenvalue weighted by Crippen LogP contribution is 2.34. The summed E-state index contributed by atoms with van der Waals surface area (Å²) in [5.74, 6) is 0.976. The lowest BCUT2D eigenvalue weighted by Crippen LogP contribution is -2.25. The van der Waals surface area contributed by atoms with E-state index >= 15 is 0 Å². The second-order valence-electron chi connectivity index (χ2n) is 12.3. The number of ether oxygens (including phenoxy) is 2. The molecule has 0 bridgehead atoms. The Balaban J connectivity index is 1.16. The van der Waals surface area contributed by atoms with Crippen LogP contribution in [0, 0.1) is 5.82 Å². The van der Waals surface area contributed by atoms with Gasteiger partial charge in [-0.2, -0.15) is 5.10 Å². The molecule has 0 radical (unpaired) electrons. The number of hydrazone groups is 1. The first kappa shape index (κ1) is 30.0. The minimum atomic E-state index is -0.314. The standard InChI is InChI=1S/C37H39FN6O2/c1-43(2)12-14-46-31-18-28(22-39-24-31)25-8-9-26-23-40-42-37(33(26)19-25)36-21-34-32(6-5-7-35(34)41-36)27-16-29(38)20-30(17-27)45-15-13-44-10-3-4-11-44/h5-9,16-22,24,40-41H,3-4,10-15,23H2,1-2H3. The van der Waals surface area contributed by atoms with Gasteiger partial charge in [-0.1, -0.05) is 24.3 Å². The van der Waals surface area contributed by atoms with Gasteiger partial charge >= 0.3 is 0 Å². The number of rotatable bonds is 11. The van der Waals surface area contributed by atoms with Gasteiger partial charge in [-0.05, 0) is 98.7 Å². The molecule has 0 amide bonds. The van der Waals surface area contributed by atoms with Crippen molar-refractivity contribution in [2.24, 2.45) is 5.10 Å². The summed E-state index contributed by atoms with van der Waals surface area (Å²) in [6, 6.07) is 21.6. The van der Waals surface area contributed by atoms with Gasteiger partial charge in [0.05, 0.1) is 18.4 Å². The first-order chi connectivity index (χ1) is 22.5. The van der Waals surface area contributed by atoms with E-state index in [0.717, 1.165) is 87.6 Å². The van der Waals surface area contributed by atoms with E-state index in [-0.39, 0.29) is 5.82 Å². The SMILES string of the molecule is CN(C)CCOc1cncc(-c2ccc3c(c2)C(c2cc4c(-c5cc(F)cc(OCCN6CCCC6)c5)cccc4[nH]2)=NNC3)c1. The number of H-pyrrole nitrogens is 1. The van der Waals surface area contributed by atoms with Crippen LogP contribution in [0.15, 0.2) is 84.2 Å². The summed E-state index contributed by atoms with van der Waals surface area (Å²) >= 11 is 0. The van der Waals surface area contributed by atoms with E-state index < -0.39 is 0 Å². The van der Waals surface area contributed by atoms with Crippen LogP contribution in [0.25, 0.3) is 33.2 Å². The van der Waals surface area contributed by atoms with Crippen molar-refractivity contribution >= 4 is 16.6 Å². The van der Waals surface area contributed by atoms with E-state index in [4.69, 9.17) is 14.6 Å².